The highest BCUT2D eigenvalue weighted by Gasteiger charge is 2.06. The Morgan fingerprint density at radius 2 is 2.58 bits per heavy atom. The molecule has 0 aliphatic rings. The van der Waals surface area contributed by atoms with E-state index in [0.717, 1.165) is 5.01 Å². The van der Waals surface area contributed by atoms with Crippen LogP contribution in [0.4, 0.5) is 0 Å². The second kappa shape index (κ2) is 4.00. The zero-order chi connectivity index (χ0) is 8.97. The molecule has 0 aromatic carbocycles. The number of terminal acetylenes is 1. The largest absolute Gasteiger partial charge is 0.330 e. The van der Waals surface area contributed by atoms with Crippen molar-refractivity contribution in [3.63, 3.8) is 0 Å². The third-order valence-electron chi connectivity index (χ3n) is 1.27. The van der Waals surface area contributed by atoms with Gasteiger partial charge in [0.25, 0.3) is 5.78 Å². The fourth-order valence-electron chi connectivity index (χ4n) is 0.727. The van der Waals surface area contributed by atoms with Gasteiger partial charge in [0.15, 0.2) is 0 Å². The first-order valence-corrected chi connectivity index (χ1v) is 4.31. The fraction of sp³-hybridized carbons (Fsp3) is 0.250. The van der Waals surface area contributed by atoms with Crippen molar-refractivity contribution in [3.05, 3.63) is 16.1 Å². The molecule has 0 aliphatic carbocycles. The van der Waals surface area contributed by atoms with Crippen LogP contribution in [0.25, 0.3) is 0 Å². The molecule has 0 saturated heterocycles. The second-order valence-corrected chi connectivity index (χ2v) is 3.08. The Hall–Kier alpha value is -1.18. The van der Waals surface area contributed by atoms with Gasteiger partial charge >= 0.3 is 0 Å². The Bertz CT molecular complexity index is 324. The van der Waals surface area contributed by atoms with Crippen LogP contribution < -0.4 is 5.73 Å². The van der Waals surface area contributed by atoms with Crippen molar-refractivity contribution in [3.8, 4) is 12.3 Å². The molecule has 2 N–H and O–H groups in total. The zero-order valence-corrected chi connectivity index (χ0v) is 7.23. The number of aromatic nitrogens is 1. The number of ketones is 1. The molecule has 0 atom stereocenters. The van der Waals surface area contributed by atoms with Gasteiger partial charge < -0.3 is 5.73 Å². The van der Waals surface area contributed by atoms with Crippen LogP contribution in [-0.4, -0.2) is 17.3 Å². The summed E-state index contributed by atoms with van der Waals surface area (Å²) >= 11 is 1.41. The number of nitrogens with zero attached hydrogens (tertiary/aromatic N) is 1. The standard InChI is InChI=1S/C8H8N2OS/c1-2-7(11)6-5-12-8(10-6)3-4-9/h1,5H,3-4,9H2. The average Bonchev–Trinajstić information content (AvgIpc) is 2.52. The highest BCUT2D eigenvalue weighted by molar-refractivity contribution is 7.09. The Morgan fingerprint density at radius 1 is 1.83 bits per heavy atom. The Kier molecular flexibility index (Phi) is 2.97. The lowest BCUT2D eigenvalue weighted by Crippen LogP contribution is -2.03. The first-order chi connectivity index (χ1) is 5.77. The SMILES string of the molecule is C#CC(=O)c1csc(CCN)n1. The van der Waals surface area contributed by atoms with Crippen LogP contribution >= 0.6 is 11.3 Å². The molecule has 0 bridgehead atoms. The third-order valence-corrected chi connectivity index (χ3v) is 2.18. The monoisotopic (exact) mass is 180 g/mol. The van der Waals surface area contributed by atoms with Crippen molar-refractivity contribution in [1.29, 1.82) is 0 Å². The molecule has 1 rings (SSSR count). The van der Waals surface area contributed by atoms with E-state index in [9.17, 15) is 4.79 Å². The minimum atomic E-state index is -0.366. The van der Waals surface area contributed by atoms with E-state index in [0.29, 0.717) is 18.7 Å². The van der Waals surface area contributed by atoms with E-state index in [1.165, 1.54) is 11.3 Å². The highest BCUT2D eigenvalue weighted by Crippen LogP contribution is 2.09. The molecule has 0 amide bonds. The number of thiazole rings is 1. The fourth-order valence-corrected chi connectivity index (χ4v) is 1.52. The van der Waals surface area contributed by atoms with Gasteiger partial charge in [0.1, 0.15) is 5.69 Å². The molecule has 0 unspecified atom stereocenters. The zero-order valence-electron chi connectivity index (χ0n) is 6.41. The van der Waals surface area contributed by atoms with Crippen LogP contribution in [0.5, 0.6) is 0 Å². The second-order valence-electron chi connectivity index (χ2n) is 2.14. The van der Waals surface area contributed by atoms with E-state index in [-0.39, 0.29) is 5.78 Å². The van der Waals surface area contributed by atoms with Crippen LogP contribution in [0.15, 0.2) is 5.38 Å². The molecule has 1 heterocycles. The number of rotatable bonds is 3. The molecule has 4 heteroatoms. The number of hydrogen-bond donors (Lipinski definition) is 1. The summed E-state index contributed by atoms with van der Waals surface area (Å²) in [6.07, 6.45) is 5.62. The summed E-state index contributed by atoms with van der Waals surface area (Å²) < 4.78 is 0. The van der Waals surface area contributed by atoms with Crippen LogP contribution in [0, 0.1) is 12.3 Å². The molecule has 0 fully saturated rings. The van der Waals surface area contributed by atoms with Crippen LogP contribution in [0.1, 0.15) is 15.5 Å². The van der Waals surface area contributed by atoms with Crippen LogP contribution in [0.3, 0.4) is 0 Å². The molecule has 62 valence electrons. The molecule has 1 aromatic heterocycles. The van der Waals surface area contributed by atoms with Gasteiger partial charge in [-0.15, -0.1) is 17.8 Å². The maximum atomic E-state index is 10.9. The maximum Gasteiger partial charge on any atom is 0.254 e. The van der Waals surface area contributed by atoms with E-state index < -0.39 is 0 Å². The normalized spacial score (nSPS) is 9.33. The summed E-state index contributed by atoms with van der Waals surface area (Å²) in [5.74, 6) is 1.64. The number of Topliss-reactive ketones (excluding diaryl/α,β-unsaturated/α-hetero) is 1. The predicted octanol–water partition coefficient (Wildman–Crippen LogP) is 0.460. The molecule has 0 radical (unpaired) electrons. The van der Waals surface area contributed by atoms with Crippen LogP contribution in [0.2, 0.25) is 0 Å². The Morgan fingerprint density at radius 3 is 3.17 bits per heavy atom. The average molecular weight is 180 g/mol. The topological polar surface area (TPSA) is 56.0 Å². The first kappa shape index (κ1) is 8.91. The van der Waals surface area contributed by atoms with Crippen LogP contribution in [-0.2, 0) is 6.42 Å². The van der Waals surface area contributed by atoms with Crippen molar-refractivity contribution in [1.82, 2.24) is 4.98 Å². The van der Waals surface area contributed by atoms with Gasteiger partial charge in [-0.2, -0.15) is 0 Å². The molecule has 1 aromatic rings. The lowest BCUT2D eigenvalue weighted by Gasteiger charge is -1.87. The van der Waals surface area contributed by atoms with Crippen molar-refractivity contribution < 1.29 is 4.79 Å². The molecule has 0 saturated carbocycles. The van der Waals surface area contributed by atoms with Crippen molar-refractivity contribution in [2.75, 3.05) is 6.54 Å². The first-order valence-electron chi connectivity index (χ1n) is 3.43. The summed E-state index contributed by atoms with van der Waals surface area (Å²) in [4.78, 5) is 14.9. The maximum absolute atomic E-state index is 10.9. The van der Waals surface area contributed by atoms with Crippen molar-refractivity contribution in [2.24, 2.45) is 5.73 Å². The molecule has 3 nitrogen and oxygen atoms in total. The quantitative estimate of drug-likeness (QED) is 0.417. The Balaban J connectivity index is 2.78. The minimum Gasteiger partial charge on any atom is -0.330 e. The van der Waals surface area contributed by atoms with E-state index in [1.54, 1.807) is 5.38 Å². The number of hydrogen-bond acceptors (Lipinski definition) is 4. The third kappa shape index (κ3) is 1.91. The van der Waals surface area contributed by atoms with E-state index in [4.69, 9.17) is 12.2 Å². The van der Waals surface area contributed by atoms with Gasteiger partial charge in [0.05, 0.1) is 5.01 Å². The van der Waals surface area contributed by atoms with E-state index in [1.807, 2.05) is 5.92 Å². The summed E-state index contributed by atoms with van der Waals surface area (Å²) in [5.41, 5.74) is 5.67. The van der Waals surface area contributed by atoms with Gasteiger partial charge in [0, 0.05) is 11.8 Å². The van der Waals surface area contributed by atoms with Gasteiger partial charge in [-0.25, -0.2) is 4.98 Å². The van der Waals surface area contributed by atoms with E-state index in [2.05, 4.69) is 4.98 Å². The lowest BCUT2D eigenvalue weighted by atomic mass is 10.3. The van der Waals surface area contributed by atoms with Crippen molar-refractivity contribution >= 4 is 17.1 Å². The minimum absolute atomic E-state index is 0.353. The summed E-state index contributed by atoms with van der Waals surface area (Å²) in [5, 5.41) is 2.52. The van der Waals surface area contributed by atoms with Crippen molar-refractivity contribution in [2.45, 2.75) is 6.42 Å². The molecule has 0 aliphatic heterocycles. The number of carbonyl (C=O) groups is 1. The molecular weight excluding hydrogens is 172 g/mol. The van der Waals surface area contributed by atoms with Gasteiger partial charge in [-0.3, -0.25) is 4.79 Å². The van der Waals surface area contributed by atoms with E-state index >= 15 is 0 Å². The Labute approximate surface area is 74.6 Å². The number of carbonyl (C=O) groups excluding carboxylic acids is 1. The lowest BCUT2D eigenvalue weighted by molar-refractivity contribution is 0.105. The van der Waals surface area contributed by atoms with Gasteiger partial charge in [-0.1, -0.05) is 0 Å². The smallest absolute Gasteiger partial charge is 0.254 e. The molecular formula is C8H8N2OS. The van der Waals surface area contributed by atoms with Gasteiger partial charge in [0.2, 0.25) is 0 Å². The highest BCUT2D eigenvalue weighted by atomic mass is 32.1. The number of nitrogens with two attached hydrogens (primary N) is 1. The van der Waals surface area contributed by atoms with Gasteiger partial charge in [-0.05, 0) is 12.5 Å². The predicted molar refractivity (Wildman–Crippen MR) is 48.0 cm³/mol. The molecule has 12 heavy (non-hydrogen) atoms. The summed E-state index contributed by atoms with van der Waals surface area (Å²) in [6, 6.07) is 0. The molecule has 0 spiro atoms. The summed E-state index contributed by atoms with van der Waals surface area (Å²) in [7, 11) is 0. The summed E-state index contributed by atoms with van der Waals surface area (Å²) in [6.45, 7) is 0.539.